The summed E-state index contributed by atoms with van der Waals surface area (Å²) in [6.45, 7) is 0. The summed E-state index contributed by atoms with van der Waals surface area (Å²) < 4.78 is 0.137. The van der Waals surface area contributed by atoms with Gasteiger partial charge in [0.25, 0.3) is 0 Å². The second-order valence-electron chi connectivity index (χ2n) is 3.84. The van der Waals surface area contributed by atoms with Gasteiger partial charge in [0.15, 0.2) is 17.2 Å². The van der Waals surface area contributed by atoms with E-state index in [4.69, 9.17) is 5.73 Å². The van der Waals surface area contributed by atoms with E-state index >= 15 is 0 Å². The molecule has 0 fully saturated rings. The third-order valence-electron chi connectivity index (χ3n) is 2.61. The van der Waals surface area contributed by atoms with Crippen molar-refractivity contribution in [1.29, 1.82) is 0 Å². The monoisotopic (exact) mass is 325 g/mol. The lowest BCUT2D eigenvalue weighted by atomic mass is 10.1. The number of primary amides is 1. The first-order chi connectivity index (χ1) is 8.82. The highest BCUT2D eigenvalue weighted by Gasteiger charge is 2.16. The molecule has 0 aliphatic heterocycles. The normalized spacial score (nSPS) is 10.6. The molecule has 7 heteroatoms. The second-order valence-corrected chi connectivity index (χ2v) is 4.70. The Bertz CT molecular complexity index is 772. The molecule has 0 aliphatic carbocycles. The van der Waals surface area contributed by atoms with Gasteiger partial charge < -0.3 is 21.1 Å². The maximum Gasteiger partial charge on any atom is 0.248 e. The van der Waals surface area contributed by atoms with Crippen LogP contribution in [0.25, 0.3) is 10.8 Å². The summed E-state index contributed by atoms with van der Waals surface area (Å²) in [4.78, 5) is 23.1. The zero-order valence-electron chi connectivity index (χ0n) is 9.35. The Morgan fingerprint density at radius 2 is 1.74 bits per heavy atom. The Labute approximate surface area is 114 Å². The largest absolute Gasteiger partial charge is 0.504 e. The SMILES string of the molecule is NC(=O)c1cc(O)c(=O)c2c(O)c(O)c(Br)cc2c1. The van der Waals surface area contributed by atoms with E-state index in [-0.39, 0.29) is 20.8 Å². The van der Waals surface area contributed by atoms with Crippen molar-refractivity contribution in [3.8, 4) is 17.2 Å². The molecule has 0 aliphatic rings. The van der Waals surface area contributed by atoms with Crippen molar-refractivity contribution in [2.45, 2.75) is 0 Å². The number of carbonyl (C=O) groups is 1. The van der Waals surface area contributed by atoms with Gasteiger partial charge in [0.05, 0.1) is 9.86 Å². The van der Waals surface area contributed by atoms with Gasteiger partial charge in [-0.3, -0.25) is 9.59 Å². The molecule has 0 radical (unpaired) electrons. The number of rotatable bonds is 1. The Kier molecular flexibility index (Phi) is 3.07. The minimum Gasteiger partial charge on any atom is -0.504 e. The molecule has 0 bridgehead atoms. The van der Waals surface area contributed by atoms with Gasteiger partial charge >= 0.3 is 0 Å². The number of benzene rings is 1. The lowest BCUT2D eigenvalue weighted by Gasteiger charge is -2.02. The van der Waals surface area contributed by atoms with Crippen LogP contribution in [0.5, 0.6) is 17.2 Å². The Morgan fingerprint density at radius 1 is 1.11 bits per heavy atom. The minimum atomic E-state index is -0.914. The van der Waals surface area contributed by atoms with Gasteiger partial charge in [-0.2, -0.15) is 0 Å². The fourth-order valence-electron chi connectivity index (χ4n) is 1.69. The van der Waals surface area contributed by atoms with Crippen LogP contribution >= 0.6 is 15.9 Å². The standard InChI is InChI=1S/C12H8BrNO5/c13-6-2-4-1-5(12(14)19)3-7(15)10(17)8(4)11(18)9(6)16/h1-3,16,18H,(H2,14,19)(H,15,17). The smallest absolute Gasteiger partial charge is 0.248 e. The zero-order valence-corrected chi connectivity index (χ0v) is 10.9. The summed E-state index contributed by atoms with van der Waals surface area (Å²) in [5.41, 5.74) is 4.10. The average Bonchev–Trinajstić information content (AvgIpc) is 2.45. The van der Waals surface area contributed by atoms with Crippen LogP contribution in [0.15, 0.2) is 27.5 Å². The van der Waals surface area contributed by atoms with Crippen molar-refractivity contribution in [3.05, 3.63) is 38.5 Å². The van der Waals surface area contributed by atoms with E-state index in [2.05, 4.69) is 15.9 Å². The summed E-state index contributed by atoms with van der Waals surface area (Å²) >= 11 is 3.00. The highest BCUT2D eigenvalue weighted by atomic mass is 79.9. The van der Waals surface area contributed by atoms with E-state index in [1.54, 1.807) is 0 Å². The van der Waals surface area contributed by atoms with Crippen LogP contribution in [-0.4, -0.2) is 21.2 Å². The average molecular weight is 326 g/mol. The highest BCUT2D eigenvalue weighted by molar-refractivity contribution is 9.10. The van der Waals surface area contributed by atoms with Gasteiger partial charge in [-0.05, 0) is 39.5 Å². The molecule has 0 saturated carbocycles. The van der Waals surface area contributed by atoms with Crippen LogP contribution < -0.4 is 11.2 Å². The number of phenolic OH excluding ortho intramolecular Hbond substituents is 2. The molecule has 0 aromatic heterocycles. The van der Waals surface area contributed by atoms with Gasteiger partial charge in [-0.25, -0.2) is 0 Å². The molecule has 2 aromatic carbocycles. The number of hydrogen-bond acceptors (Lipinski definition) is 5. The molecule has 6 nitrogen and oxygen atoms in total. The fourth-order valence-corrected chi connectivity index (χ4v) is 2.12. The molecule has 2 rings (SSSR count). The minimum absolute atomic E-state index is 0.0958. The van der Waals surface area contributed by atoms with E-state index in [0.717, 1.165) is 6.07 Å². The van der Waals surface area contributed by atoms with Crippen LogP contribution in [0.1, 0.15) is 10.4 Å². The number of nitrogens with two attached hydrogens (primary N) is 1. The van der Waals surface area contributed by atoms with Crippen molar-refractivity contribution in [1.82, 2.24) is 0 Å². The van der Waals surface area contributed by atoms with Crippen molar-refractivity contribution < 1.29 is 20.1 Å². The lowest BCUT2D eigenvalue weighted by Crippen LogP contribution is -2.09. The van der Waals surface area contributed by atoms with Gasteiger partial charge in [0.2, 0.25) is 11.3 Å². The quantitative estimate of drug-likeness (QED) is 0.586. The lowest BCUT2D eigenvalue weighted by molar-refractivity contribution is 0.1000. The molecule has 98 valence electrons. The molecule has 5 N–H and O–H groups in total. The molecule has 2 aromatic rings. The Hall–Kier alpha value is -2.28. The van der Waals surface area contributed by atoms with Gasteiger partial charge in [-0.15, -0.1) is 0 Å². The molecular weight excluding hydrogens is 318 g/mol. The summed E-state index contributed by atoms with van der Waals surface area (Å²) in [6, 6.07) is 3.48. The third-order valence-corrected chi connectivity index (χ3v) is 3.21. The molecule has 0 spiro atoms. The summed E-state index contributed by atoms with van der Waals surface area (Å²) in [5, 5.41) is 28.8. The first-order valence-electron chi connectivity index (χ1n) is 5.04. The van der Waals surface area contributed by atoms with E-state index in [9.17, 15) is 24.9 Å². The molecule has 19 heavy (non-hydrogen) atoms. The number of carbonyl (C=O) groups excluding carboxylic acids is 1. The van der Waals surface area contributed by atoms with Crippen molar-refractivity contribution in [2.24, 2.45) is 5.73 Å². The van der Waals surface area contributed by atoms with Crippen LogP contribution in [-0.2, 0) is 0 Å². The Balaban J connectivity index is 3.12. The maximum absolute atomic E-state index is 11.9. The molecular formula is C12H8BrNO5. The first-order valence-corrected chi connectivity index (χ1v) is 5.83. The van der Waals surface area contributed by atoms with E-state index in [1.807, 2.05) is 0 Å². The van der Waals surface area contributed by atoms with Gasteiger partial charge in [0.1, 0.15) is 0 Å². The Morgan fingerprint density at radius 3 is 2.32 bits per heavy atom. The van der Waals surface area contributed by atoms with Gasteiger partial charge in [-0.1, -0.05) is 0 Å². The predicted molar refractivity (Wildman–Crippen MR) is 71.4 cm³/mol. The molecule has 0 heterocycles. The topological polar surface area (TPSA) is 121 Å². The number of amides is 1. The molecule has 0 atom stereocenters. The van der Waals surface area contributed by atoms with E-state index in [1.165, 1.54) is 12.1 Å². The third kappa shape index (κ3) is 2.08. The van der Waals surface area contributed by atoms with Crippen LogP contribution in [0.2, 0.25) is 0 Å². The summed E-state index contributed by atoms with van der Waals surface area (Å²) in [5.74, 6) is -2.80. The van der Waals surface area contributed by atoms with Crippen molar-refractivity contribution in [3.63, 3.8) is 0 Å². The zero-order chi connectivity index (χ0) is 14.3. The van der Waals surface area contributed by atoms with E-state index < -0.39 is 28.6 Å². The number of halogens is 1. The number of fused-ring (bicyclic) bond motifs is 1. The second kappa shape index (κ2) is 4.43. The van der Waals surface area contributed by atoms with E-state index in [0.29, 0.717) is 0 Å². The summed E-state index contributed by atoms with van der Waals surface area (Å²) in [7, 11) is 0. The van der Waals surface area contributed by atoms with Gasteiger partial charge in [0, 0.05) is 5.56 Å². The highest BCUT2D eigenvalue weighted by Crippen LogP contribution is 2.38. The molecule has 1 amide bonds. The molecule has 0 unspecified atom stereocenters. The summed E-state index contributed by atoms with van der Waals surface area (Å²) in [6.07, 6.45) is 0. The fraction of sp³-hybridized carbons (Fsp3) is 0. The number of phenols is 2. The number of hydrogen-bond donors (Lipinski definition) is 4. The van der Waals surface area contributed by atoms with Crippen molar-refractivity contribution in [2.75, 3.05) is 0 Å². The predicted octanol–water partition coefficient (Wildman–Crippen LogP) is 1.18. The number of aromatic hydroxyl groups is 3. The van der Waals surface area contributed by atoms with Crippen molar-refractivity contribution >= 4 is 32.6 Å². The molecule has 0 saturated heterocycles. The van der Waals surface area contributed by atoms with Crippen LogP contribution in [0, 0.1) is 0 Å². The first kappa shape index (κ1) is 13.2. The van der Waals surface area contributed by atoms with Crippen LogP contribution in [0.3, 0.4) is 0 Å². The van der Waals surface area contributed by atoms with Crippen LogP contribution in [0.4, 0.5) is 0 Å². The maximum atomic E-state index is 11.9.